The van der Waals surface area contributed by atoms with Gasteiger partial charge < -0.3 is 9.90 Å². The van der Waals surface area contributed by atoms with E-state index in [1.165, 1.54) is 6.42 Å². The fourth-order valence-corrected chi connectivity index (χ4v) is 2.70. The summed E-state index contributed by atoms with van der Waals surface area (Å²) < 4.78 is 0. The van der Waals surface area contributed by atoms with Crippen molar-refractivity contribution < 1.29 is 44.3 Å². The summed E-state index contributed by atoms with van der Waals surface area (Å²) in [7, 11) is 0. The quantitative estimate of drug-likeness (QED) is 0.542. The number of rotatable bonds is 4. The van der Waals surface area contributed by atoms with E-state index in [4.69, 9.17) is 0 Å². The van der Waals surface area contributed by atoms with Crippen LogP contribution in [-0.4, -0.2) is 11.8 Å². The van der Waals surface area contributed by atoms with E-state index in [0.717, 1.165) is 25.7 Å². The van der Waals surface area contributed by atoms with E-state index in [-0.39, 0.29) is 41.3 Å². The maximum absolute atomic E-state index is 12.4. The van der Waals surface area contributed by atoms with Gasteiger partial charge in [-0.25, -0.2) is 0 Å². The number of Topliss-reactive ketones (excluding diaryl/α,β-unsaturated/α-hetero) is 1. The number of carbonyl (C=O) groups excluding carboxylic acids is 2. The Balaban J connectivity index is 0.00000200. The summed E-state index contributed by atoms with van der Waals surface area (Å²) in [4.78, 5) is 23.3. The second-order valence-corrected chi connectivity index (χ2v) is 5.37. The molecule has 102 valence electrons. The van der Waals surface area contributed by atoms with Crippen molar-refractivity contribution in [2.24, 2.45) is 5.92 Å². The molecule has 0 aliphatic heterocycles. The van der Waals surface area contributed by atoms with E-state index in [0.29, 0.717) is 11.1 Å². The Bertz CT molecular complexity index is 478. The summed E-state index contributed by atoms with van der Waals surface area (Å²) in [5.41, 5.74) is 1.28. The minimum atomic E-state index is -1.11. The largest absolute Gasteiger partial charge is 1.00 e. The van der Waals surface area contributed by atoms with Gasteiger partial charge in [-0.2, -0.15) is 0 Å². The van der Waals surface area contributed by atoms with Gasteiger partial charge in [0.1, 0.15) is 0 Å². The number of hydrogen-bond acceptors (Lipinski definition) is 3. The van der Waals surface area contributed by atoms with Crippen LogP contribution in [0, 0.1) is 5.92 Å². The Morgan fingerprint density at radius 3 is 2.45 bits per heavy atom. The number of carboxylic acids is 1. The van der Waals surface area contributed by atoms with Crippen molar-refractivity contribution in [3.8, 4) is 0 Å². The van der Waals surface area contributed by atoms with Gasteiger partial charge in [-0.1, -0.05) is 44.4 Å². The van der Waals surface area contributed by atoms with Crippen LogP contribution in [0.15, 0.2) is 24.3 Å². The first kappa shape index (κ1) is 17.4. The summed E-state index contributed by atoms with van der Waals surface area (Å²) >= 11 is 0. The fraction of sp³-hybridized carbons (Fsp3) is 0.500. The zero-order valence-corrected chi connectivity index (χ0v) is 14.2. The molecule has 1 saturated carbocycles. The molecule has 1 aromatic rings. The second kappa shape index (κ2) is 7.96. The number of ketones is 1. The molecule has 1 aliphatic carbocycles. The van der Waals surface area contributed by atoms with Crippen LogP contribution >= 0.6 is 0 Å². The first-order valence-electron chi connectivity index (χ1n) is 6.94. The number of carbonyl (C=O) groups is 2. The standard InChI is InChI=1S/C16H20O3.Na/c1-11(16(18)19)13-8-5-9-14(10-13)15(17)12-6-3-2-4-7-12;/h5,8-12H,2-4,6-7H2,1H3,(H,18,19);/q;+1/p-1. The molecule has 1 fully saturated rings. The molecule has 1 aliphatic rings. The minimum absolute atomic E-state index is 0. The van der Waals surface area contributed by atoms with E-state index in [1.807, 2.05) is 0 Å². The topological polar surface area (TPSA) is 57.2 Å². The molecule has 0 N–H and O–H groups in total. The Kier molecular flexibility index (Phi) is 6.93. The molecule has 0 radical (unpaired) electrons. The average Bonchev–Trinajstić information content (AvgIpc) is 2.46. The molecule has 1 atom stereocenters. The molecule has 0 bridgehead atoms. The van der Waals surface area contributed by atoms with Gasteiger partial charge in [0.2, 0.25) is 0 Å². The van der Waals surface area contributed by atoms with Gasteiger partial charge in [0.15, 0.2) is 5.78 Å². The van der Waals surface area contributed by atoms with Gasteiger partial charge >= 0.3 is 29.6 Å². The van der Waals surface area contributed by atoms with E-state index in [9.17, 15) is 14.7 Å². The van der Waals surface area contributed by atoms with Crippen molar-refractivity contribution in [2.45, 2.75) is 44.9 Å². The van der Waals surface area contributed by atoms with Crippen LogP contribution in [0.4, 0.5) is 0 Å². The molecule has 20 heavy (non-hydrogen) atoms. The first-order chi connectivity index (χ1) is 9.09. The molecule has 2 rings (SSSR count). The van der Waals surface area contributed by atoms with E-state index < -0.39 is 11.9 Å². The Morgan fingerprint density at radius 2 is 1.85 bits per heavy atom. The van der Waals surface area contributed by atoms with Gasteiger partial charge in [0.05, 0.1) is 0 Å². The van der Waals surface area contributed by atoms with Crippen molar-refractivity contribution in [3.63, 3.8) is 0 Å². The van der Waals surface area contributed by atoms with Crippen molar-refractivity contribution in [3.05, 3.63) is 35.4 Å². The molecule has 0 saturated heterocycles. The summed E-state index contributed by atoms with van der Waals surface area (Å²) in [6.07, 6.45) is 5.36. The Hall–Kier alpha value is -0.640. The zero-order valence-electron chi connectivity index (χ0n) is 12.2. The third-order valence-electron chi connectivity index (χ3n) is 4.00. The molecule has 1 aromatic carbocycles. The van der Waals surface area contributed by atoms with Crippen LogP contribution < -0.4 is 34.7 Å². The van der Waals surface area contributed by atoms with Gasteiger partial charge in [-0.3, -0.25) is 4.79 Å². The van der Waals surface area contributed by atoms with Crippen molar-refractivity contribution >= 4 is 11.8 Å². The molecule has 0 heterocycles. The molecule has 0 amide bonds. The normalized spacial score (nSPS) is 17.1. The molecule has 1 unspecified atom stereocenters. The van der Waals surface area contributed by atoms with Crippen molar-refractivity contribution in [2.75, 3.05) is 0 Å². The van der Waals surface area contributed by atoms with Gasteiger partial charge in [0, 0.05) is 23.4 Å². The molecular formula is C16H19NaO3. The predicted molar refractivity (Wildman–Crippen MR) is 70.8 cm³/mol. The summed E-state index contributed by atoms with van der Waals surface area (Å²) in [5.74, 6) is -1.52. The van der Waals surface area contributed by atoms with E-state index >= 15 is 0 Å². The number of hydrogen-bond donors (Lipinski definition) is 0. The smallest absolute Gasteiger partial charge is 0.550 e. The zero-order chi connectivity index (χ0) is 13.8. The third-order valence-corrected chi connectivity index (χ3v) is 4.00. The Labute approximate surface area is 142 Å². The summed E-state index contributed by atoms with van der Waals surface area (Å²) in [5, 5.41) is 10.9. The van der Waals surface area contributed by atoms with Crippen LogP contribution in [-0.2, 0) is 4.79 Å². The SMILES string of the molecule is CC(C(=O)[O-])c1cccc(C(=O)C2CCCCC2)c1.[Na+]. The summed E-state index contributed by atoms with van der Waals surface area (Å²) in [6, 6.07) is 6.97. The molecule has 0 spiro atoms. The predicted octanol–water partition coefficient (Wildman–Crippen LogP) is -0.693. The van der Waals surface area contributed by atoms with Crippen LogP contribution in [0.5, 0.6) is 0 Å². The number of aliphatic carboxylic acids is 1. The fourth-order valence-electron chi connectivity index (χ4n) is 2.70. The van der Waals surface area contributed by atoms with Gasteiger partial charge in [0.25, 0.3) is 0 Å². The third kappa shape index (κ3) is 4.18. The van der Waals surface area contributed by atoms with Crippen LogP contribution in [0.25, 0.3) is 0 Å². The molecular weight excluding hydrogens is 263 g/mol. The second-order valence-electron chi connectivity index (χ2n) is 5.37. The van der Waals surface area contributed by atoms with Crippen LogP contribution in [0.3, 0.4) is 0 Å². The van der Waals surface area contributed by atoms with Crippen molar-refractivity contribution in [1.29, 1.82) is 0 Å². The van der Waals surface area contributed by atoms with Gasteiger partial charge in [-0.15, -0.1) is 0 Å². The van der Waals surface area contributed by atoms with Gasteiger partial charge in [-0.05, 0) is 24.5 Å². The average molecular weight is 282 g/mol. The maximum Gasteiger partial charge on any atom is 1.00 e. The van der Waals surface area contributed by atoms with E-state index in [1.54, 1.807) is 31.2 Å². The maximum atomic E-state index is 12.4. The van der Waals surface area contributed by atoms with Crippen LogP contribution in [0.1, 0.15) is 60.9 Å². The molecule has 0 aromatic heterocycles. The number of benzene rings is 1. The van der Waals surface area contributed by atoms with E-state index in [2.05, 4.69) is 0 Å². The monoisotopic (exact) mass is 282 g/mol. The van der Waals surface area contributed by atoms with Crippen molar-refractivity contribution in [1.82, 2.24) is 0 Å². The number of carboxylic acid groups (broad SMARTS) is 1. The summed E-state index contributed by atoms with van der Waals surface area (Å²) in [6.45, 7) is 1.58. The first-order valence-corrected chi connectivity index (χ1v) is 6.94. The molecule has 4 heteroatoms. The molecule has 3 nitrogen and oxygen atoms in total. The van der Waals surface area contributed by atoms with Crippen LogP contribution in [0.2, 0.25) is 0 Å². The Morgan fingerprint density at radius 1 is 1.20 bits per heavy atom. The minimum Gasteiger partial charge on any atom is -0.550 e.